The van der Waals surface area contributed by atoms with E-state index in [-0.39, 0.29) is 12.0 Å². The Morgan fingerprint density at radius 2 is 2.14 bits per heavy atom. The van der Waals surface area contributed by atoms with E-state index >= 15 is 0 Å². The van der Waals surface area contributed by atoms with Crippen LogP contribution >= 0.6 is 11.6 Å². The number of halogens is 1. The summed E-state index contributed by atoms with van der Waals surface area (Å²) < 4.78 is 11.4. The van der Waals surface area contributed by atoms with Crippen LogP contribution in [-0.2, 0) is 0 Å². The number of piperidine rings is 1. The number of pyridine rings is 1. The van der Waals surface area contributed by atoms with Crippen LogP contribution in [0.1, 0.15) is 23.3 Å². The predicted octanol–water partition coefficient (Wildman–Crippen LogP) is 3.82. The summed E-state index contributed by atoms with van der Waals surface area (Å²) in [6.45, 7) is 1.16. The van der Waals surface area contributed by atoms with E-state index in [1.807, 2.05) is 24.3 Å². The van der Waals surface area contributed by atoms with Crippen LogP contribution in [0.4, 0.5) is 0 Å². The molecule has 1 amide bonds. The highest BCUT2D eigenvalue weighted by Crippen LogP contribution is 2.29. The molecule has 1 aromatic carbocycles. The minimum Gasteiger partial charge on any atom is -0.496 e. The Hall–Kier alpha value is -3.06. The van der Waals surface area contributed by atoms with Crippen molar-refractivity contribution in [3.63, 3.8) is 0 Å². The number of benzene rings is 1. The summed E-state index contributed by atoms with van der Waals surface area (Å²) in [5.41, 5.74) is 1.94. The molecule has 3 heterocycles. The first-order valence-electron chi connectivity index (χ1n) is 9.40. The zero-order valence-corrected chi connectivity index (χ0v) is 16.7. The Morgan fingerprint density at radius 1 is 1.28 bits per heavy atom. The molecule has 1 N–H and O–H groups in total. The summed E-state index contributed by atoms with van der Waals surface area (Å²) in [5, 5.41) is 7.62. The number of para-hydroxylation sites is 1. The quantitative estimate of drug-likeness (QED) is 0.689. The molecule has 1 aliphatic rings. The van der Waals surface area contributed by atoms with Gasteiger partial charge in [0.25, 0.3) is 5.91 Å². The van der Waals surface area contributed by atoms with Crippen LogP contribution in [0.5, 0.6) is 11.5 Å². The molecule has 1 fully saturated rings. The third-order valence-corrected chi connectivity index (χ3v) is 5.17. The van der Waals surface area contributed by atoms with Crippen molar-refractivity contribution >= 4 is 17.5 Å². The van der Waals surface area contributed by atoms with Gasteiger partial charge in [-0.05, 0) is 31.0 Å². The molecule has 8 heteroatoms. The monoisotopic (exact) mass is 412 g/mol. The lowest BCUT2D eigenvalue weighted by molar-refractivity contribution is 0.0532. The molecule has 29 heavy (non-hydrogen) atoms. The van der Waals surface area contributed by atoms with Crippen molar-refractivity contribution in [1.82, 2.24) is 20.1 Å². The van der Waals surface area contributed by atoms with Crippen LogP contribution in [0.2, 0.25) is 5.02 Å². The van der Waals surface area contributed by atoms with Crippen LogP contribution in [0.15, 0.2) is 48.8 Å². The maximum Gasteiger partial charge on any atom is 0.272 e. The number of aromatic nitrogens is 3. The number of H-pyrrole nitrogens is 1. The second kappa shape index (κ2) is 8.53. The van der Waals surface area contributed by atoms with Gasteiger partial charge in [0, 0.05) is 30.6 Å². The molecule has 0 saturated carbocycles. The Labute approximate surface area is 173 Å². The molecule has 2 aromatic heterocycles. The summed E-state index contributed by atoms with van der Waals surface area (Å²) in [5.74, 6) is 1.19. The van der Waals surface area contributed by atoms with Crippen LogP contribution in [0, 0.1) is 0 Å². The van der Waals surface area contributed by atoms with Crippen molar-refractivity contribution in [2.75, 3.05) is 20.2 Å². The van der Waals surface area contributed by atoms with E-state index in [1.54, 1.807) is 36.5 Å². The van der Waals surface area contributed by atoms with E-state index in [1.165, 1.54) is 0 Å². The van der Waals surface area contributed by atoms with Crippen molar-refractivity contribution in [1.29, 1.82) is 0 Å². The summed E-state index contributed by atoms with van der Waals surface area (Å²) in [7, 11) is 1.61. The molecule has 1 atom stereocenters. The molecule has 7 nitrogen and oxygen atoms in total. The molecular weight excluding hydrogens is 392 g/mol. The highest BCUT2D eigenvalue weighted by atomic mass is 35.5. The maximum absolute atomic E-state index is 13.0. The van der Waals surface area contributed by atoms with Crippen LogP contribution in [-0.4, -0.2) is 52.3 Å². The van der Waals surface area contributed by atoms with Gasteiger partial charge < -0.3 is 14.4 Å². The topological polar surface area (TPSA) is 80.3 Å². The Morgan fingerprint density at radius 3 is 2.97 bits per heavy atom. The van der Waals surface area contributed by atoms with Gasteiger partial charge in [-0.3, -0.25) is 14.9 Å². The molecule has 150 valence electrons. The number of hydrogen-bond donors (Lipinski definition) is 1. The highest BCUT2D eigenvalue weighted by molar-refractivity contribution is 6.31. The van der Waals surface area contributed by atoms with Crippen LogP contribution in [0.3, 0.4) is 0 Å². The van der Waals surface area contributed by atoms with Crippen LogP contribution in [0.25, 0.3) is 11.3 Å². The van der Waals surface area contributed by atoms with Crippen molar-refractivity contribution in [3.05, 3.63) is 59.5 Å². The van der Waals surface area contributed by atoms with Crippen molar-refractivity contribution in [3.8, 4) is 22.8 Å². The predicted molar refractivity (Wildman–Crippen MR) is 109 cm³/mol. The number of nitrogens with zero attached hydrogens (tertiary/aromatic N) is 3. The Bertz CT molecular complexity index is 1010. The van der Waals surface area contributed by atoms with E-state index in [4.69, 9.17) is 21.1 Å². The average molecular weight is 413 g/mol. The summed E-state index contributed by atoms with van der Waals surface area (Å²) in [4.78, 5) is 18.7. The molecule has 0 aliphatic carbocycles. The van der Waals surface area contributed by atoms with E-state index < -0.39 is 0 Å². The molecule has 1 saturated heterocycles. The molecule has 1 aliphatic heterocycles. The van der Waals surface area contributed by atoms with Gasteiger partial charge in [0.2, 0.25) is 0 Å². The summed E-state index contributed by atoms with van der Waals surface area (Å²) >= 11 is 6.13. The standard InChI is InChI=1S/C21H21ClN4O3/c1-28-19-7-3-2-6-15(19)17-11-18(25-24-17)21(27)26-10-4-5-14(13-26)29-20-8-9-23-12-16(20)22/h2-3,6-9,11-12,14H,4-5,10,13H2,1H3,(H,24,25). The second-order valence-corrected chi connectivity index (χ2v) is 7.21. The number of amides is 1. The van der Waals surface area contributed by atoms with E-state index in [0.29, 0.717) is 41.0 Å². The van der Waals surface area contributed by atoms with Gasteiger partial charge in [-0.1, -0.05) is 23.7 Å². The number of likely N-dealkylation sites (tertiary alicyclic amines) is 1. The molecule has 3 aromatic rings. The van der Waals surface area contributed by atoms with Crippen molar-refractivity contribution in [2.45, 2.75) is 18.9 Å². The molecule has 4 rings (SSSR count). The van der Waals surface area contributed by atoms with Gasteiger partial charge in [-0.15, -0.1) is 0 Å². The van der Waals surface area contributed by atoms with Gasteiger partial charge in [0.15, 0.2) is 0 Å². The fraction of sp³-hybridized carbons (Fsp3) is 0.286. The first kappa shape index (κ1) is 19.3. The molecule has 0 bridgehead atoms. The lowest BCUT2D eigenvalue weighted by Crippen LogP contribution is -2.44. The lowest BCUT2D eigenvalue weighted by Gasteiger charge is -2.32. The van der Waals surface area contributed by atoms with Crippen molar-refractivity contribution in [2.24, 2.45) is 0 Å². The highest BCUT2D eigenvalue weighted by Gasteiger charge is 2.27. The molecule has 1 unspecified atom stereocenters. The third-order valence-electron chi connectivity index (χ3n) is 4.89. The Balaban J connectivity index is 1.47. The number of ether oxygens (including phenoxy) is 2. The number of carbonyl (C=O) groups is 1. The lowest BCUT2D eigenvalue weighted by atomic mass is 10.1. The van der Waals surface area contributed by atoms with E-state index in [0.717, 1.165) is 18.4 Å². The number of hydrogen-bond acceptors (Lipinski definition) is 5. The van der Waals surface area contributed by atoms with E-state index in [9.17, 15) is 4.79 Å². The summed E-state index contributed by atoms with van der Waals surface area (Å²) in [6.07, 6.45) is 4.78. The Kier molecular flexibility index (Phi) is 5.67. The number of carbonyl (C=O) groups excluding carboxylic acids is 1. The fourth-order valence-electron chi connectivity index (χ4n) is 3.45. The largest absolute Gasteiger partial charge is 0.496 e. The molecular formula is C21H21ClN4O3. The second-order valence-electron chi connectivity index (χ2n) is 6.81. The number of nitrogens with one attached hydrogen (secondary N) is 1. The summed E-state index contributed by atoms with van der Waals surface area (Å²) in [6, 6.07) is 11.1. The zero-order valence-electron chi connectivity index (χ0n) is 16.0. The van der Waals surface area contributed by atoms with Gasteiger partial charge in [-0.2, -0.15) is 5.10 Å². The van der Waals surface area contributed by atoms with Gasteiger partial charge in [0.05, 0.1) is 19.3 Å². The van der Waals surface area contributed by atoms with Crippen LogP contribution < -0.4 is 9.47 Å². The normalized spacial score (nSPS) is 16.5. The van der Waals surface area contributed by atoms with Gasteiger partial charge in [0.1, 0.15) is 28.3 Å². The SMILES string of the molecule is COc1ccccc1-c1cc(C(=O)N2CCCC(Oc3ccncc3Cl)C2)[nH]n1. The molecule has 0 radical (unpaired) electrons. The first-order valence-corrected chi connectivity index (χ1v) is 9.77. The number of rotatable bonds is 5. The third kappa shape index (κ3) is 4.19. The van der Waals surface area contributed by atoms with Crippen molar-refractivity contribution < 1.29 is 14.3 Å². The van der Waals surface area contributed by atoms with Gasteiger partial charge in [-0.25, -0.2) is 0 Å². The maximum atomic E-state index is 13.0. The first-order chi connectivity index (χ1) is 14.2. The minimum absolute atomic E-state index is 0.104. The number of aromatic amines is 1. The zero-order chi connectivity index (χ0) is 20.2. The average Bonchev–Trinajstić information content (AvgIpc) is 3.25. The smallest absolute Gasteiger partial charge is 0.272 e. The number of methoxy groups -OCH3 is 1. The fourth-order valence-corrected chi connectivity index (χ4v) is 3.62. The van der Waals surface area contributed by atoms with Gasteiger partial charge >= 0.3 is 0 Å². The molecule has 0 spiro atoms. The van der Waals surface area contributed by atoms with E-state index in [2.05, 4.69) is 15.2 Å². The minimum atomic E-state index is -0.121.